The van der Waals surface area contributed by atoms with Gasteiger partial charge in [0.25, 0.3) is 0 Å². The molecule has 0 aromatic heterocycles. The number of nitrogens with zero attached hydrogens (tertiary/aromatic N) is 1. The summed E-state index contributed by atoms with van der Waals surface area (Å²) < 4.78 is 13.7. The molecule has 2 fully saturated rings. The van der Waals surface area contributed by atoms with E-state index < -0.39 is 0 Å². The lowest BCUT2D eigenvalue weighted by Crippen LogP contribution is -2.18. The van der Waals surface area contributed by atoms with Crippen LogP contribution in [0.3, 0.4) is 0 Å². The van der Waals surface area contributed by atoms with Crippen LogP contribution < -0.4 is 0 Å². The molecule has 0 spiro atoms. The van der Waals surface area contributed by atoms with Crippen LogP contribution in [-0.2, 0) is 6.42 Å². The summed E-state index contributed by atoms with van der Waals surface area (Å²) in [6, 6.07) is 6.99. The number of halogens is 1. The third-order valence-electron chi connectivity index (χ3n) is 7.49. The van der Waals surface area contributed by atoms with Crippen molar-refractivity contribution in [3.63, 3.8) is 0 Å². The van der Waals surface area contributed by atoms with Crippen LogP contribution >= 0.6 is 0 Å². The molecule has 27 heavy (non-hydrogen) atoms. The van der Waals surface area contributed by atoms with E-state index in [2.05, 4.69) is 6.92 Å². The highest BCUT2D eigenvalue weighted by molar-refractivity contribution is 5.33. The molecule has 0 unspecified atom stereocenters. The van der Waals surface area contributed by atoms with Crippen molar-refractivity contribution in [1.29, 1.82) is 5.26 Å². The Morgan fingerprint density at radius 2 is 1.37 bits per heavy atom. The summed E-state index contributed by atoms with van der Waals surface area (Å²) in [4.78, 5) is 0. The van der Waals surface area contributed by atoms with Crippen LogP contribution in [0.4, 0.5) is 4.39 Å². The molecular formula is C25H36FN. The first-order valence-electron chi connectivity index (χ1n) is 11.4. The lowest BCUT2D eigenvalue weighted by Gasteiger charge is -2.32. The third kappa shape index (κ3) is 6.06. The fourth-order valence-electron chi connectivity index (χ4n) is 5.38. The molecule has 0 aliphatic heterocycles. The molecule has 0 N–H and O–H groups in total. The summed E-state index contributed by atoms with van der Waals surface area (Å²) in [5.74, 6) is 3.42. The summed E-state index contributed by atoms with van der Waals surface area (Å²) in [5.41, 5.74) is 1.19. The van der Waals surface area contributed by atoms with E-state index in [1.165, 1.54) is 77.0 Å². The van der Waals surface area contributed by atoms with Crippen LogP contribution in [0.15, 0.2) is 18.2 Å². The van der Waals surface area contributed by atoms with E-state index >= 15 is 0 Å². The van der Waals surface area contributed by atoms with Gasteiger partial charge in [-0.25, -0.2) is 4.39 Å². The lowest BCUT2D eigenvalue weighted by molar-refractivity contribution is 0.212. The van der Waals surface area contributed by atoms with Gasteiger partial charge in [0, 0.05) is 0 Å². The minimum absolute atomic E-state index is 0.155. The normalized spacial score (nSPS) is 28.6. The van der Waals surface area contributed by atoms with E-state index in [4.69, 9.17) is 5.26 Å². The number of benzene rings is 1. The van der Waals surface area contributed by atoms with Crippen molar-refractivity contribution in [2.24, 2.45) is 23.7 Å². The molecule has 2 heteroatoms. The number of nitriles is 1. The Morgan fingerprint density at radius 1 is 0.852 bits per heavy atom. The summed E-state index contributed by atoms with van der Waals surface area (Å²) in [6.45, 7) is 2.35. The van der Waals surface area contributed by atoms with Gasteiger partial charge in [0.15, 0.2) is 0 Å². The second-order valence-electron chi connectivity index (χ2n) is 9.22. The Hall–Kier alpha value is -1.36. The van der Waals surface area contributed by atoms with E-state index in [1.54, 1.807) is 12.1 Å². The van der Waals surface area contributed by atoms with Gasteiger partial charge in [-0.1, -0.05) is 83.6 Å². The smallest absolute Gasteiger partial charge is 0.141 e. The number of hydrogen-bond acceptors (Lipinski definition) is 1. The molecule has 0 bridgehead atoms. The van der Waals surface area contributed by atoms with Crippen molar-refractivity contribution in [3.8, 4) is 6.07 Å². The molecule has 2 saturated carbocycles. The Kier molecular flexibility index (Phi) is 7.74. The average Bonchev–Trinajstić information content (AvgIpc) is 2.72. The highest BCUT2D eigenvalue weighted by Crippen LogP contribution is 2.38. The van der Waals surface area contributed by atoms with Crippen molar-refractivity contribution in [2.75, 3.05) is 0 Å². The Morgan fingerprint density at radius 3 is 1.85 bits per heavy atom. The fraction of sp³-hybridized carbons (Fsp3) is 0.720. The van der Waals surface area contributed by atoms with Gasteiger partial charge in [-0.2, -0.15) is 5.26 Å². The Balaban J connectivity index is 1.32. The van der Waals surface area contributed by atoms with E-state index in [0.29, 0.717) is 0 Å². The predicted molar refractivity (Wildman–Crippen MR) is 110 cm³/mol. The zero-order chi connectivity index (χ0) is 19.1. The summed E-state index contributed by atoms with van der Waals surface area (Å²) in [5, 5.41) is 8.83. The second-order valence-corrected chi connectivity index (χ2v) is 9.22. The van der Waals surface area contributed by atoms with E-state index in [0.717, 1.165) is 35.7 Å². The van der Waals surface area contributed by atoms with Crippen LogP contribution in [0, 0.1) is 40.8 Å². The largest absolute Gasteiger partial charge is 0.206 e. The maximum atomic E-state index is 13.7. The third-order valence-corrected chi connectivity index (χ3v) is 7.49. The van der Waals surface area contributed by atoms with Gasteiger partial charge in [-0.3, -0.25) is 0 Å². The number of aryl methyl sites for hydroxylation is 1. The summed E-state index contributed by atoms with van der Waals surface area (Å²) in [7, 11) is 0. The maximum absolute atomic E-state index is 13.7. The molecular weight excluding hydrogens is 333 g/mol. The van der Waals surface area contributed by atoms with Gasteiger partial charge in [-0.15, -0.1) is 0 Å². The number of rotatable bonds is 7. The first kappa shape index (κ1) is 20.4. The molecule has 0 heterocycles. The molecule has 1 aromatic rings. The molecule has 0 atom stereocenters. The minimum Gasteiger partial charge on any atom is -0.206 e. The van der Waals surface area contributed by atoms with Crippen LogP contribution in [0.25, 0.3) is 0 Å². The van der Waals surface area contributed by atoms with Crippen molar-refractivity contribution in [1.82, 2.24) is 0 Å². The van der Waals surface area contributed by atoms with Gasteiger partial charge in [0.2, 0.25) is 0 Å². The number of hydrogen-bond donors (Lipinski definition) is 0. The van der Waals surface area contributed by atoms with Gasteiger partial charge in [-0.05, 0) is 54.2 Å². The minimum atomic E-state index is -0.369. The van der Waals surface area contributed by atoms with Crippen LogP contribution in [0.1, 0.15) is 95.1 Å². The quantitative estimate of drug-likeness (QED) is 0.490. The van der Waals surface area contributed by atoms with Gasteiger partial charge in [0.05, 0.1) is 5.56 Å². The molecule has 148 valence electrons. The van der Waals surface area contributed by atoms with E-state index in [-0.39, 0.29) is 11.4 Å². The topological polar surface area (TPSA) is 23.8 Å². The molecule has 1 nitrogen and oxygen atoms in total. The van der Waals surface area contributed by atoms with Crippen molar-refractivity contribution >= 4 is 0 Å². The van der Waals surface area contributed by atoms with Gasteiger partial charge in [0.1, 0.15) is 11.9 Å². The van der Waals surface area contributed by atoms with Crippen LogP contribution in [-0.4, -0.2) is 0 Å². The van der Waals surface area contributed by atoms with Crippen LogP contribution in [0.2, 0.25) is 0 Å². The van der Waals surface area contributed by atoms with Crippen molar-refractivity contribution < 1.29 is 4.39 Å². The molecule has 2 aliphatic rings. The standard InChI is InChI=1S/C25H36FN/c1-2-19-3-5-20(6-4-19)7-8-21-9-11-22(12-10-21)13-14-23-15-16-24(18-27)25(26)17-23/h15-17,19-22H,2-14H2,1H3. The summed E-state index contributed by atoms with van der Waals surface area (Å²) in [6.07, 6.45) is 17.8. The first-order chi connectivity index (χ1) is 13.2. The lowest BCUT2D eigenvalue weighted by atomic mass is 9.74. The fourth-order valence-corrected chi connectivity index (χ4v) is 5.38. The first-order valence-corrected chi connectivity index (χ1v) is 11.4. The van der Waals surface area contributed by atoms with E-state index in [1.807, 2.05) is 12.1 Å². The van der Waals surface area contributed by atoms with Gasteiger partial charge >= 0.3 is 0 Å². The van der Waals surface area contributed by atoms with E-state index in [9.17, 15) is 4.39 Å². The molecule has 1 aromatic carbocycles. The van der Waals surface area contributed by atoms with Gasteiger partial charge < -0.3 is 0 Å². The highest BCUT2D eigenvalue weighted by Gasteiger charge is 2.24. The Labute approximate surface area is 165 Å². The molecule has 0 amide bonds. The molecule has 0 saturated heterocycles. The zero-order valence-corrected chi connectivity index (χ0v) is 17.1. The highest BCUT2D eigenvalue weighted by atomic mass is 19.1. The SMILES string of the molecule is CCC1CCC(CCC2CCC(CCc3ccc(C#N)c(F)c3)CC2)CC1. The summed E-state index contributed by atoms with van der Waals surface area (Å²) >= 11 is 0. The second kappa shape index (κ2) is 10.3. The van der Waals surface area contributed by atoms with Crippen molar-refractivity contribution in [2.45, 2.75) is 90.4 Å². The Bertz CT molecular complexity index is 616. The predicted octanol–water partition coefficient (Wildman–Crippen LogP) is 7.43. The monoisotopic (exact) mass is 369 g/mol. The molecule has 0 radical (unpaired) electrons. The average molecular weight is 370 g/mol. The van der Waals surface area contributed by atoms with Crippen LogP contribution in [0.5, 0.6) is 0 Å². The van der Waals surface area contributed by atoms with Crippen molar-refractivity contribution in [3.05, 3.63) is 35.1 Å². The zero-order valence-electron chi connectivity index (χ0n) is 17.1. The molecule has 3 rings (SSSR count). The maximum Gasteiger partial charge on any atom is 0.141 e. The molecule has 2 aliphatic carbocycles.